The highest BCUT2D eigenvalue weighted by atomic mass is 32.2. The average molecular weight is 412 g/mol. The molecule has 0 saturated carbocycles. The monoisotopic (exact) mass is 411 g/mol. The molecule has 0 aliphatic carbocycles. The molecule has 3 heterocycles. The first-order chi connectivity index (χ1) is 13.7. The molecule has 146 valence electrons. The van der Waals surface area contributed by atoms with Crippen LogP contribution in [0.4, 0.5) is 0 Å². The highest BCUT2D eigenvalue weighted by Crippen LogP contribution is 2.30. The Morgan fingerprint density at radius 3 is 2.96 bits per heavy atom. The number of amides is 1. The van der Waals surface area contributed by atoms with E-state index < -0.39 is 0 Å². The Kier molecular flexibility index (Phi) is 6.29. The number of nitrogens with zero attached hydrogens (tertiary/aromatic N) is 2. The van der Waals surface area contributed by atoms with Crippen molar-refractivity contribution >= 4 is 39.9 Å². The number of thiophene rings is 1. The molecular weight excluding hydrogens is 386 g/mol. The summed E-state index contributed by atoms with van der Waals surface area (Å²) in [6.07, 6.45) is 4.81. The maximum absolute atomic E-state index is 11.7. The van der Waals surface area contributed by atoms with E-state index in [1.165, 1.54) is 20.7 Å². The SMILES string of the molecule is CSc1ccc2cc(CNCCCN3CCCC3=O)c(-c3cccs3)nc2c1. The van der Waals surface area contributed by atoms with Gasteiger partial charge in [-0.2, -0.15) is 0 Å². The molecule has 3 aromatic rings. The number of pyridine rings is 1. The van der Waals surface area contributed by atoms with Gasteiger partial charge in [-0.25, -0.2) is 4.98 Å². The lowest BCUT2D eigenvalue weighted by Gasteiger charge is -2.16. The number of carbonyl (C=O) groups is 1. The zero-order valence-corrected chi connectivity index (χ0v) is 17.7. The van der Waals surface area contributed by atoms with Gasteiger partial charge >= 0.3 is 0 Å². The number of hydrogen-bond donors (Lipinski definition) is 1. The topological polar surface area (TPSA) is 45.2 Å². The molecule has 1 saturated heterocycles. The summed E-state index contributed by atoms with van der Waals surface area (Å²) in [6, 6.07) is 13.0. The number of nitrogens with one attached hydrogen (secondary N) is 1. The molecule has 0 atom stereocenters. The van der Waals surface area contributed by atoms with Gasteiger partial charge in [-0.3, -0.25) is 4.79 Å². The molecule has 4 rings (SSSR count). The van der Waals surface area contributed by atoms with Crippen LogP contribution in [-0.4, -0.2) is 41.7 Å². The largest absolute Gasteiger partial charge is 0.343 e. The summed E-state index contributed by atoms with van der Waals surface area (Å²) in [5, 5.41) is 6.83. The summed E-state index contributed by atoms with van der Waals surface area (Å²) < 4.78 is 0. The molecule has 0 spiro atoms. The van der Waals surface area contributed by atoms with Crippen LogP contribution in [0.15, 0.2) is 46.7 Å². The fourth-order valence-electron chi connectivity index (χ4n) is 3.64. The molecule has 1 N–H and O–H groups in total. The molecular formula is C22H25N3OS2. The standard InChI is InChI=1S/C22H25N3OS2/c1-27-18-8-7-16-13-17(15-23-9-4-11-25-10-2-6-21(25)26)22(24-19(16)14-18)20-5-3-12-28-20/h3,5,7-8,12-14,23H,2,4,6,9-11,15H2,1H3. The van der Waals surface area contributed by atoms with E-state index in [1.54, 1.807) is 23.1 Å². The van der Waals surface area contributed by atoms with Crippen LogP contribution in [0.25, 0.3) is 21.5 Å². The number of benzene rings is 1. The Hall–Kier alpha value is -1.89. The van der Waals surface area contributed by atoms with Crippen molar-refractivity contribution in [1.29, 1.82) is 0 Å². The van der Waals surface area contributed by atoms with E-state index in [9.17, 15) is 4.79 Å². The molecule has 2 aromatic heterocycles. The van der Waals surface area contributed by atoms with Gasteiger partial charge in [0.05, 0.1) is 16.1 Å². The maximum Gasteiger partial charge on any atom is 0.222 e. The Balaban J connectivity index is 1.47. The lowest BCUT2D eigenvalue weighted by molar-refractivity contribution is -0.127. The molecule has 28 heavy (non-hydrogen) atoms. The second-order valence-electron chi connectivity index (χ2n) is 7.05. The molecule has 6 heteroatoms. The second-order valence-corrected chi connectivity index (χ2v) is 8.87. The minimum absolute atomic E-state index is 0.309. The van der Waals surface area contributed by atoms with E-state index in [2.05, 4.69) is 53.4 Å². The van der Waals surface area contributed by atoms with Gasteiger partial charge in [0, 0.05) is 36.3 Å². The van der Waals surface area contributed by atoms with Crippen LogP contribution in [0, 0.1) is 0 Å². The number of rotatable bonds is 8. The lowest BCUT2D eigenvalue weighted by Crippen LogP contribution is -2.28. The van der Waals surface area contributed by atoms with E-state index in [-0.39, 0.29) is 0 Å². The Morgan fingerprint density at radius 2 is 2.21 bits per heavy atom. The van der Waals surface area contributed by atoms with E-state index in [4.69, 9.17) is 4.98 Å². The van der Waals surface area contributed by atoms with E-state index in [0.717, 1.165) is 56.7 Å². The normalized spacial score (nSPS) is 14.3. The minimum atomic E-state index is 0.309. The predicted molar refractivity (Wildman–Crippen MR) is 119 cm³/mol. The Bertz CT molecular complexity index is 956. The van der Waals surface area contributed by atoms with Crippen LogP contribution in [0.5, 0.6) is 0 Å². The molecule has 1 fully saturated rings. The van der Waals surface area contributed by atoms with Gasteiger partial charge in [0.2, 0.25) is 5.91 Å². The number of carbonyl (C=O) groups excluding carboxylic acids is 1. The average Bonchev–Trinajstić information content (AvgIpc) is 3.39. The molecule has 0 unspecified atom stereocenters. The van der Waals surface area contributed by atoms with Crippen molar-refractivity contribution in [3.63, 3.8) is 0 Å². The zero-order valence-electron chi connectivity index (χ0n) is 16.1. The third kappa shape index (κ3) is 4.40. The fraction of sp³-hybridized carbons (Fsp3) is 0.364. The molecule has 0 radical (unpaired) electrons. The number of fused-ring (bicyclic) bond motifs is 1. The first kappa shape index (κ1) is 19.4. The van der Waals surface area contributed by atoms with Crippen molar-refractivity contribution in [1.82, 2.24) is 15.2 Å². The number of thioether (sulfide) groups is 1. The smallest absolute Gasteiger partial charge is 0.222 e. The minimum Gasteiger partial charge on any atom is -0.343 e. The van der Waals surface area contributed by atoms with Crippen LogP contribution >= 0.6 is 23.1 Å². The van der Waals surface area contributed by atoms with Crippen molar-refractivity contribution in [3.8, 4) is 10.6 Å². The van der Waals surface area contributed by atoms with Gasteiger partial charge in [-0.05, 0) is 60.9 Å². The number of hydrogen-bond acceptors (Lipinski definition) is 5. The van der Waals surface area contributed by atoms with E-state index >= 15 is 0 Å². The van der Waals surface area contributed by atoms with Crippen molar-refractivity contribution in [3.05, 3.63) is 47.3 Å². The third-order valence-corrected chi connectivity index (χ3v) is 6.73. The molecule has 4 nitrogen and oxygen atoms in total. The summed E-state index contributed by atoms with van der Waals surface area (Å²) >= 11 is 3.47. The number of likely N-dealkylation sites (tertiary alicyclic amines) is 1. The summed E-state index contributed by atoms with van der Waals surface area (Å²) in [5.41, 5.74) is 3.35. The third-order valence-electron chi connectivity index (χ3n) is 5.13. The van der Waals surface area contributed by atoms with Gasteiger partial charge < -0.3 is 10.2 Å². The first-order valence-corrected chi connectivity index (χ1v) is 11.8. The zero-order chi connectivity index (χ0) is 19.3. The molecule has 1 amide bonds. The maximum atomic E-state index is 11.7. The van der Waals surface area contributed by atoms with Gasteiger partial charge in [0.1, 0.15) is 0 Å². The van der Waals surface area contributed by atoms with Crippen LogP contribution in [0.3, 0.4) is 0 Å². The van der Waals surface area contributed by atoms with E-state index in [1.807, 2.05) is 4.90 Å². The van der Waals surface area contributed by atoms with Crippen molar-refractivity contribution < 1.29 is 4.79 Å². The summed E-state index contributed by atoms with van der Waals surface area (Å²) in [7, 11) is 0. The summed E-state index contributed by atoms with van der Waals surface area (Å²) in [4.78, 5) is 21.1. The number of aromatic nitrogens is 1. The van der Waals surface area contributed by atoms with Crippen LogP contribution in [-0.2, 0) is 11.3 Å². The highest BCUT2D eigenvalue weighted by molar-refractivity contribution is 7.98. The first-order valence-electron chi connectivity index (χ1n) is 9.74. The van der Waals surface area contributed by atoms with Gasteiger partial charge in [0.15, 0.2) is 0 Å². The summed E-state index contributed by atoms with van der Waals surface area (Å²) in [5.74, 6) is 0.309. The van der Waals surface area contributed by atoms with Gasteiger partial charge in [-0.15, -0.1) is 23.1 Å². The lowest BCUT2D eigenvalue weighted by atomic mass is 10.1. The highest BCUT2D eigenvalue weighted by Gasteiger charge is 2.19. The molecule has 1 aliphatic rings. The van der Waals surface area contributed by atoms with E-state index in [0.29, 0.717) is 5.91 Å². The molecule has 0 bridgehead atoms. The molecule has 1 aromatic carbocycles. The van der Waals surface area contributed by atoms with Gasteiger partial charge in [-0.1, -0.05) is 12.1 Å². The van der Waals surface area contributed by atoms with Gasteiger partial charge in [0.25, 0.3) is 0 Å². The Labute approximate surface area is 174 Å². The van der Waals surface area contributed by atoms with Crippen molar-refractivity contribution in [2.75, 3.05) is 25.9 Å². The second kappa shape index (κ2) is 9.07. The van der Waals surface area contributed by atoms with Crippen LogP contribution < -0.4 is 5.32 Å². The predicted octanol–water partition coefficient (Wildman–Crippen LogP) is 4.79. The summed E-state index contributed by atoms with van der Waals surface area (Å²) in [6.45, 7) is 3.47. The van der Waals surface area contributed by atoms with Crippen LogP contribution in [0.2, 0.25) is 0 Å². The van der Waals surface area contributed by atoms with Crippen LogP contribution in [0.1, 0.15) is 24.8 Å². The molecule has 1 aliphatic heterocycles. The van der Waals surface area contributed by atoms with Crippen molar-refractivity contribution in [2.24, 2.45) is 0 Å². The quantitative estimate of drug-likeness (QED) is 0.428. The fourth-order valence-corrected chi connectivity index (χ4v) is 4.82. The Morgan fingerprint density at radius 1 is 1.29 bits per heavy atom. The van der Waals surface area contributed by atoms with Crippen molar-refractivity contribution in [2.45, 2.75) is 30.7 Å².